The summed E-state index contributed by atoms with van der Waals surface area (Å²) in [7, 11) is -3.35. The van der Waals surface area contributed by atoms with Crippen molar-refractivity contribution in [2.24, 2.45) is 17.8 Å². The fourth-order valence-electron chi connectivity index (χ4n) is 5.41. The average Bonchev–Trinajstić information content (AvgIpc) is 3.45. The molecule has 0 saturated heterocycles. The van der Waals surface area contributed by atoms with Crippen LogP contribution in [0.15, 0.2) is 46.0 Å². The molecule has 2 aliphatic rings. The first kappa shape index (κ1) is 28.2. The second-order valence-electron chi connectivity index (χ2n) is 10.5. The van der Waals surface area contributed by atoms with Crippen LogP contribution in [-0.4, -0.2) is 36.1 Å². The number of pyridine rings is 1. The van der Waals surface area contributed by atoms with Gasteiger partial charge in [0.2, 0.25) is 0 Å². The number of amides is 1. The first-order valence-corrected chi connectivity index (χ1v) is 14.6. The van der Waals surface area contributed by atoms with Crippen LogP contribution in [0.1, 0.15) is 80.1 Å². The molecule has 1 saturated carbocycles. The largest absolute Gasteiger partial charge is 0.453 e. The van der Waals surface area contributed by atoms with Crippen LogP contribution >= 0.6 is 0 Å². The Balaban J connectivity index is 1.39. The van der Waals surface area contributed by atoms with Crippen molar-refractivity contribution in [3.8, 4) is 0 Å². The lowest BCUT2D eigenvalue weighted by atomic mass is 9.80. The molecule has 38 heavy (non-hydrogen) atoms. The van der Waals surface area contributed by atoms with Crippen molar-refractivity contribution in [2.45, 2.75) is 76.7 Å². The van der Waals surface area contributed by atoms with Crippen LogP contribution < -0.4 is 5.32 Å². The van der Waals surface area contributed by atoms with E-state index in [1.165, 1.54) is 12.3 Å². The molecule has 2 aromatic heterocycles. The first-order chi connectivity index (χ1) is 17.8. The lowest BCUT2D eigenvalue weighted by molar-refractivity contribution is -0.183. The standard InChI is InChI=1S/C27H34F3N3O4S/c1-5-38(35,36)22-11-10-21(31-14-22)13-32-26(34)23-12-19-15-33(24(16(2)3)25(19)37-23)17(4)18-6-8-20(9-7-18)27(28,29)30/h10-12,14,16,18,20,24H,4-9,13,15H2,1-3H3,(H,32,34). The quantitative estimate of drug-likeness (QED) is 0.445. The van der Waals surface area contributed by atoms with Gasteiger partial charge in [-0.2, -0.15) is 13.2 Å². The maximum Gasteiger partial charge on any atom is 0.391 e. The Hall–Kier alpha value is -2.82. The first-order valence-electron chi connectivity index (χ1n) is 12.9. The molecule has 1 atom stereocenters. The molecule has 2 aromatic rings. The van der Waals surface area contributed by atoms with E-state index in [1.54, 1.807) is 19.1 Å². The van der Waals surface area contributed by atoms with Crippen molar-refractivity contribution in [1.82, 2.24) is 15.2 Å². The Kier molecular flexibility index (Phi) is 7.97. The minimum absolute atomic E-state index is 0.00664. The fraction of sp³-hybridized carbons (Fsp3) is 0.556. The highest BCUT2D eigenvalue weighted by Crippen LogP contribution is 2.47. The zero-order valence-electron chi connectivity index (χ0n) is 21.8. The number of hydrogen-bond donors (Lipinski definition) is 1. The maximum atomic E-state index is 13.1. The predicted octanol–water partition coefficient (Wildman–Crippen LogP) is 5.79. The number of sulfone groups is 1. The van der Waals surface area contributed by atoms with Gasteiger partial charge in [-0.15, -0.1) is 0 Å². The van der Waals surface area contributed by atoms with Gasteiger partial charge in [0.1, 0.15) is 5.76 Å². The van der Waals surface area contributed by atoms with Gasteiger partial charge in [-0.1, -0.05) is 27.4 Å². The molecule has 7 nitrogen and oxygen atoms in total. The van der Waals surface area contributed by atoms with Crippen molar-refractivity contribution in [3.05, 3.63) is 59.4 Å². The van der Waals surface area contributed by atoms with E-state index in [-0.39, 0.29) is 53.7 Å². The third-order valence-corrected chi connectivity index (χ3v) is 9.36. The summed E-state index contributed by atoms with van der Waals surface area (Å²) in [5, 5.41) is 2.75. The summed E-state index contributed by atoms with van der Waals surface area (Å²) in [6.45, 7) is 10.5. The van der Waals surface area contributed by atoms with Crippen LogP contribution in [0.5, 0.6) is 0 Å². The van der Waals surface area contributed by atoms with Gasteiger partial charge in [-0.05, 0) is 55.7 Å². The molecule has 4 rings (SSSR count). The lowest BCUT2D eigenvalue weighted by Crippen LogP contribution is -2.33. The molecule has 1 aliphatic carbocycles. The second-order valence-corrected chi connectivity index (χ2v) is 12.7. The Morgan fingerprint density at radius 1 is 1.24 bits per heavy atom. The molecule has 3 heterocycles. The van der Waals surface area contributed by atoms with E-state index in [9.17, 15) is 26.4 Å². The molecule has 1 fully saturated rings. The Bertz CT molecular complexity index is 1280. The lowest BCUT2D eigenvalue weighted by Gasteiger charge is -2.38. The van der Waals surface area contributed by atoms with E-state index < -0.39 is 27.8 Å². The zero-order chi connectivity index (χ0) is 27.8. The third kappa shape index (κ3) is 5.77. The van der Waals surface area contributed by atoms with Crippen molar-refractivity contribution in [3.63, 3.8) is 0 Å². The number of allylic oxidation sites excluding steroid dienone is 1. The molecule has 208 valence electrons. The van der Waals surface area contributed by atoms with Gasteiger partial charge in [-0.25, -0.2) is 8.42 Å². The maximum absolute atomic E-state index is 13.1. The Labute approximate surface area is 221 Å². The number of fused-ring (bicyclic) bond motifs is 1. The topological polar surface area (TPSA) is 92.5 Å². The fourth-order valence-corrected chi connectivity index (χ4v) is 6.23. The van der Waals surface area contributed by atoms with Gasteiger partial charge >= 0.3 is 6.18 Å². The van der Waals surface area contributed by atoms with E-state index in [2.05, 4.69) is 21.8 Å². The van der Waals surface area contributed by atoms with Gasteiger partial charge in [0, 0.05) is 24.0 Å². The number of halogens is 3. The van der Waals surface area contributed by atoms with Gasteiger partial charge in [0.25, 0.3) is 5.91 Å². The molecule has 0 spiro atoms. The molecule has 11 heteroatoms. The molecule has 1 aliphatic heterocycles. The van der Waals surface area contributed by atoms with Gasteiger partial charge < -0.3 is 14.6 Å². The van der Waals surface area contributed by atoms with Crippen LogP contribution in [0.4, 0.5) is 13.2 Å². The van der Waals surface area contributed by atoms with Gasteiger partial charge in [0.15, 0.2) is 15.6 Å². The molecular formula is C27H34F3N3O4S. The summed E-state index contributed by atoms with van der Waals surface area (Å²) < 4.78 is 69.2. The number of carbonyl (C=O) groups excluding carboxylic acids is 1. The van der Waals surface area contributed by atoms with E-state index in [0.29, 0.717) is 30.8 Å². The van der Waals surface area contributed by atoms with E-state index >= 15 is 0 Å². The number of nitrogens with zero attached hydrogens (tertiary/aromatic N) is 2. The Morgan fingerprint density at radius 2 is 1.92 bits per heavy atom. The number of carbonyl (C=O) groups is 1. The number of rotatable bonds is 8. The van der Waals surface area contributed by atoms with Crippen molar-refractivity contribution < 1.29 is 30.8 Å². The van der Waals surface area contributed by atoms with Crippen LogP contribution in [0.2, 0.25) is 0 Å². The van der Waals surface area contributed by atoms with Crippen molar-refractivity contribution in [1.29, 1.82) is 0 Å². The summed E-state index contributed by atoms with van der Waals surface area (Å²) in [5.41, 5.74) is 2.21. The second kappa shape index (κ2) is 10.7. The highest BCUT2D eigenvalue weighted by Gasteiger charge is 2.44. The highest BCUT2D eigenvalue weighted by molar-refractivity contribution is 7.91. The summed E-state index contributed by atoms with van der Waals surface area (Å²) >= 11 is 0. The third-order valence-electron chi connectivity index (χ3n) is 7.64. The summed E-state index contributed by atoms with van der Waals surface area (Å²) in [4.78, 5) is 19.2. The smallest absolute Gasteiger partial charge is 0.391 e. The normalized spacial score (nSPS) is 22.0. The van der Waals surface area contributed by atoms with Crippen molar-refractivity contribution in [2.75, 3.05) is 5.75 Å². The number of aromatic nitrogens is 1. The molecule has 0 radical (unpaired) electrons. The predicted molar refractivity (Wildman–Crippen MR) is 136 cm³/mol. The average molecular weight is 554 g/mol. The minimum Gasteiger partial charge on any atom is -0.453 e. The van der Waals surface area contributed by atoms with Crippen LogP contribution in [-0.2, 0) is 22.9 Å². The molecular weight excluding hydrogens is 519 g/mol. The Morgan fingerprint density at radius 3 is 2.47 bits per heavy atom. The molecule has 1 amide bonds. The summed E-state index contributed by atoms with van der Waals surface area (Å²) in [6, 6.07) is 4.58. The number of nitrogens with one attached hydrogen (secondary N) is 1. The van der Waals surface area contributed by atoms with Gasteiger partial charge in [-0.3, -0.25) is 9.78 Å². The SMILES string of the molecule is C=C(C1CCC(C(F)(F)F)CC1)N1Cc2cc(C(=O)NCc3ccc(S(=O)(=O)CC)cn3)oc2C1C(C)C. The van der Waals surface area contributed by atoms with Crippen molar-refractivity contribution >= 4 is 15.7 Å². The van der Waals surface area contributed by atoms with Gasteiger partial charge in [0.05, 0.1) is 34.8 Å². The molecule has 0 aromatic carbocycles. The number of hydrogen-bond acceptors (Lipinski definition) is 6. The van der Waals surface area contributed by atoms with E-state index in [0.717, 1.165) is 11.3 Å². The number of furan rings is 1. The molecule has 1 unspecified atom stereocenters. The minimum atomic E-state index is -4.14. The van der Waals surface area contributed by atoms with Crippen LogP contribution in [0.25, 0.3) is 0 Å². The monoisotopic (exact) mass is 553 g/mol. The van der Waals surface area contributed by atoms with E-state index in [1.807, 2.05) is 13.8 Å². The highest BCUT2D eigenvalue weighted by atomic mass is 32.2. The van der Waals surface area contributed by atoms with Crippen LogP contribution in [0, 0.1) is 17.8 Å². The summed E-state index contributed by atoms with van der Waals surface area (Å²) in [6.07, 6.45) is -1.71. The zero-order valence-corrected chi connectivity index (χ0v) is 22.7. The molecule has 0 bridgehead atoms. The molecule has 1 N–H and O–H groups in total. The summed E-state index contributed by atoms with van der Waals surface area (Å²) in [5.74, 6) is -0.695. The van der Waals surface area contributed by atoms with Crippen LogP contribution in [0.3, 0.4) is 0 Å². The van der Waals surface area contributed by atoms with E-state index in [4.69, 9.17) is 4.42 Å². The number of alkyl halides is 3.